The van der Waals surface area contributed by atoms with E-state index < -0.39 is 0 Å². The summed E-state index contributed by atoms with van der Waals surface area (Å²) in [5, 5.41) is 0. The Hall–Kier alpha value is -0.790. The van der Waals surface area contributed by atoms with E-state index in [1.165, 1.54) is 36.8 Å². The molecule has 2 rings (SSSR count). The van der Waals surface area contributed by atoms with Gasteiger partial charge < -0.3 is 4.74 Å². The summed E-state index contributed by atoms with van der Waals surface area (Å²) in [6, 6.07) is 8.96. The Morgan fingerprint density at radius 3 is 2.42 bits per heavy atom. The van der Waals surface area contributed by atoms with Gasteiger partial charge in [0.2, 0.25) is 0 Å². The largest absolute Gasteiger partial charge is 0.377 e. The zero-order valence-corrected chi connectivity index (χ0v) is 12.4. The van der Waals surface area contributed by atoms with Crippen molar-refractivity contribution in [1.82, 2.24) is 0 Å². The Morgan fingerprint density at radius 2 is 1.84 bits per heavy atom. The molecule has 1 aromatic rings. The Bertz CT molecular complexity index is 388. The first kappa shape index (κ1) is 14.6. The van der Waals surface area contributed by atoms with Crippen molar-refractivity contribution in [3.63, 3.8) is 0 Å². The Balaban J connectivity index is 1.89. The van der Waals surface area contributed by atoms with E-state index in [4.69, 9.17) is 16.3 Å². The average Bonchev–Trinajstić information content (AvgIpc) is 2.47. The molecule has 2 heteroatoms. The molecule has 1 saturated carbocycles. The number of rotatable bonds is 5. The van der Waals surface area contributed by atoms with Gasteiger partial charge in [0.15, 0.2) is 0 Å². The Kier molecular flexibility index (Phi) is 5.93. The van der Waals surface area contributed by atoms with Gasteiger partial charge in [-0.15, -0.1) is 0 Å². The van der Waals surface area contributed by atoms with Crippen molar-refractivity contribution >= 4 is 11.6 Å². The van der Waals surface area contributed by atoms with E-state index in [0.717, 1.165) is 19.1 Å². The summed E-state index contributed by atoms with van der Waals surface area (Å²) in [6.07, 6.45) is 7.21. The molecule has 0 unspecified atom stereocenters. The van der Waals surface area contributed by atoms with Crippen molar-refractivity contribution < 1.29 is 4.74 Å². The molecule has 1 aromatic carbocycles. The van der Waals surface area contributed by atoms with Crippen molar-refractivity contribution in [1.29, 1.82) is 0 Å². The van der Waals surface area contributed by atoms with Crippen LogP contribution in [0.1, 0.15) is 49.7 Å². The maximum atomic E-state index is 5.65. The van der Waals surface area contributed by atoms with Crippen molar-refractivity contribution in [2.75, 3.05) is 6.61 Å². The second kappa shape index (κ2) is 7.72. The predicted molar refractivity (Wildman–Crippen MR) is 81.5 cm³/mol. The van der Waals surface area contributed by atoms with Crippen LogP contribution in [0.15, 0.2) is 35.9 Å². The zero-order chi connectivity index (χ0) is 13.5. The first-order valence-corrected chi connectivity index (χ1v) is 7.70. The van der Waals surface area contributed by atoms with Gasteiger partial charge in [-0.3, -0.25) is 0 Å². The molecule has 1 nitrogen and oxygen atoms in total. The summed E-state index contributed by atoms with van der Waals surface area (Å²) >= 11 is 5.65. The van der Waals surface area contributed by atoms with Gasteiger partial charge in [-0.25, -0.2) is 0 Å². The Morgan fingerprint density at radius 1 is 1.16 bits per heavy atom. The third-order valence-electron chi connectivity index (χ3n) is 4.04. The molecule has 1 fully saturated rings. The van der Waals surface area contributed by atoms with Crippen molar-refractivity contribution in [2.45, 2.75) is 45.1 Å². The molecule has 0 aliphatic heterocycles. The van der Waals surface area contributed by atoms with E-state index >= 15 is 0 Å². The number of allylic oxidation sites excluding steroid dienone is 1. The standard InChI is InChI=1S/C17H23ClO/c1-2-19-13-15-5-9-17(10-6-15)16-7-3-14(4-8-16)11-12-18/h5-6,9-12,14,16H,2-4,7-8,13H2,1H3/b12-11+/t14-,16-. The van der Waals surface area contributed by atoms with Crippen LogP contribution in [0.4, 0.5) is 0 Å². The molecule has 19 heavy (non-hydrogen) atoms. The third kappa shape index (κ3) is 4.36. The molecule has 0 aromatic heterocycles. The molecule has 1 aliphatic rings. The fourth-order valence-corrected chi connectivity index (χ4v) is 3.06. The van der Waals surface area contributed by atoms with Gasteiger partial charge in [0.1, 0.15) is 0 Å². The number of ether oxygens (including phenoxy) is 1. The van der Waals surface area contributed by atoms with Gasteiger partial charge in [0, 0.05) is 12.1 Å². The minimum absolute atomic E-state index is 0.686. The second-order valence-corrected chi connectivity index (χ2v) is 5.56. The summed E-state index contributed by atoms with van der Waals surface area (Å²) in [5.41, 5.74) is 4.42. The summed E-state index contributed by atoms with van der Waals surface area (Å²) in [5.74, 6) is 1.41. The van der Waals surface area contributed by atoms with Crippen LogP contribution in [-0.2, 0) is 11.3 Å². The second-order valence-electron chi connectivity index (χ2n) is 5.31. The number of hydrogen-bond acceptors (Lipinski definition) is 1. The minimum Gasteiger partial charge on any atom is -0.377 e. The van der Waals surface area contributed by atoms with Gasteiger partial charge in [-0.1, -0.05) is 41.9 Å². The normalized spacial score (nSPS) is 23.9. The highest BCUT2D eigenvalue weighted by molar-refractivity contribution is 6.25. The monoisotopic (exact) mass is 278 g/mol. The molecular formula is C17H23ClO. The minimum atomic E-state index is 0.686. The summed E-state index contributed by atoms with van der Waals surface area (Å²) in [7, 11) is 0. The van der Waals surface area contributed by atoms with Gasteiger partial charge >= 0.3 is 0 Å². The van der Waals surface area contributed by atoms with E-state index in [1.54, 1.807) is 5.54 Å². The summed E-state index contributed by atoms with van der Waals surface area (Å²) < 4.78 is 5.43. The highest BCUT2D eigenvalue weighted by Gasteiger charge is 2.20. The van der Waals surface area contributed by atoms with Gasteiger partial charge in [-0.05, 0) is 55.6 Å². The van der Waals surface area contributed by atoms with Crippen LogP contribution in [-0.4, -0.2) is 6.61 Å². The molecule has 0 N–H and O–H groups in total. The molecule has 0 spiro atoms. The topological polar surface area (TPSA) is 9.23 Å². The van der Waals surface area contributed by atoms with Gasteiger partial charge in [0.05, 0.1) is 6.61 Å². The first-order chi connectivity index (χ1) is 9.33. The summed E-state index contributed by atoms with van der Waals surface area (Å²) in [6.45, 7) is 3.53. The van der Waals surface area contributed by atoms with Crippen molar-refractivity contribution in [2.24, 2.45) is 5.92 Å². The lowest BCUT2D eigenvalue weighted by Gasteiger charge is -2.27. The lowest BCUT2D eigenvalue weighted by Crippen LogP contribution is -2.11. The molecule has 0 atom stereocenters. The van der Waals surface area contributed by atoms with E-state index in [2.05, 4.69) is 30.3 Å². The molecule has 0 radical (unpaired) electrons. The number of hydrogen-bond donors (Lipinski definition) is 0. The quantitative estimate of drug-likeness (QED) is 0.715. The average molecular weight is 279 g/mol. The maximum absolute atomic E-state index is 5.65. The SMILES string of the molecule is CCOCc1ccc([C@H]2CC[C@H](/C=C/Cl)CC2)cc1. The molecule has 0 heterocycles. The lowest BCUT2D eigenvalue weighted by atomic mass is 9.79. The van der Waals surface area contributed by atoms with Crippen LogP contribution in [0, 0.1) is 5.92 Å². The van der Waals surface area contributed by atoms with E-state index in [1.807, 2.05) is 6.92 Å². The fraction of sp³-hybridized carbons (Fsp3) is 0.529. The van der Waals surface area contributed by atoms with E-state index in [-0.39, 0.29) is 0 Å². The molecule has 0 amide bonds. The fourth-order valence-electron chi connectivity index (χ4n) is 2.85. The number of benzene rings is 1. The van der Waals surface area contributed by atoms with Crippen LogP contribution in [0.5, 0.6) is 0 Å². The maximum Gasteiger partial charge on any atom is 0.0716 e. The van der Waals surface area contributed by atoms with Crippen LogP contribution in [0.3, 0.4) is 0 Å². The van der Waals surface area contributed by atoms with E-state index in [9.17, 15) is 0 Å². The molecule has 0 bridgehead atoms. The molecule has 1 aliphatic carbocycles. The predicted octanol–water partition coefficient (Wildman–Crippen LogP) is 5.25. The van der Waals surface area contributed by atoms with Crippen LogP contribution in [0.2, 0.25) is 0 Å². The smallest absolute Gasteiger partial charge is 0.0716 e. The first-order valence-electron chi connectivity index (χ1n) is 7.27. The number of halogens is 1. The van der Waals surface area contributed by atoms with Crippen molar-refractivity contribution in [3.05, 3.63) is 47.0 Å². The Labute approximate surface area is 121 Å². The molecule has 104 valence electrons. The zero-order valence-electron chi connectivity index (χ0n) is 11.6. The highest BCUT2D eigenvalue weighted by Crippen LogP contribution is 2.36. The highest BCUT2D eigenvalue weighted by atomic mass is 35.5. The lowest BCUT2D eigenvalue weighted by molar-refractivity contribution is 0.134. The summed E-state index contributed by atoms with van der Waals surface area (Å²) in [4.78, 5) is 0. The van der Waals surface area contributed by atoms with Gasteiger partial charge in [-0.2, -0.15) is 0 Å². The van der Waals surface area contributed by atoms with Gasteiger partial charge in [0.25, 0.3) is 0 Å². The molecule has 0 saturated heterocycles. The van der Waals surface area contributed by atoms with Crippen LogP contribution >= 0.6 is 11.6 Å². The van der Waals surface area contributed by atoms with Crippen LogP contribution in [0.25, 0.3) is 0 Å². The van der Waals surface area contributed by atoms with E-state index in [0.29, 0.717) is 5.92 Å². The molecular weight excluding hydrogens is 256 g/mol. The van der Waals surface area contributed by atoms with Crippen LogP contribution < -0.4 is 0 Å². The third-order valence-corrected chi connectivity index (χ3v) is 4.19. The van der Waals surface area contributed by atoms with Crippen molar-refractivity contribution in [3.8, 4) is 0 Å².